The van der Waals surface area contributed by atoms with Crippen LogP contribution in [0.2, 0.25) is 0 Å². The smallest absolute Gasteiger partial charge is 0.321 e. The molecule has 0 saturated carbocycles. The van der Waals surface area contributed by atoms with Crippen molar-refractivity contribution in [3.63, 3.8) is 0 Å². The number of hydrogen-bond donors (Lipinski definition) is 4. The molecule has 0 spiro atoms. The number of aryl methyl sites for hydroxylation is 1. The maximum atomic E-state index is 12.9. The van der Waals surface area contributed by atoms with Gasteiger partial charge in [-0.05, 0) is 25.1 Å². The van der Waals surface area contributed by atoms with Crippen molar-refractivity contribution in [3.05, 3.63) is 68.3 Å². The molecule has 0 aliphatic carbocycles. The fourth-order valence-corrected chi connectivity index (χ4v) is 2.84. The number of carbonyl (C=O) groups excluding carboxylic acids is 4. The zero-order valence-electron chi connectivity index (χ0n) is 17.2. The van der Waals surface area contributed by atoms with Gasteiger partial charge in [0.15, 0.2) is 5.92 Å². The highest BCUT2D eigenvalue weighted by molar-refractivity contribution is 6.51. The van der Waals surface area contributed by atoms with Crippen molar-refractivity contribution in [2.75, 3.05) is 10.7 Å². The van der Waals surface area contributed by atoms with Gasteiger partial charge in [0.2, 0.25) is 11.8 Å². The first-order chi connectivity index (χ1) is 16.1. The minimum Gasteiger partial charge on any atom is -0.321 e. The van der Waals surface area contributed by atoms with E-state index in [-0.39, 0.29) is 11.4 Å². The Bertz CT molecular complexity index is 1240. The second-order valence-electron chi connectivity index (χ2n) is 6.89. The van der Waals surface area contributed by atoms with Crippen molar-refractivity contribution < 1.29 is 29.0 Å². The van der Waals surface area contributed by atoms with Gasteiger partial charge in [0.1, 0.15) is 11.4 Å². The lowest BCUT2D eigenvalue weighted by Gasteiger charge is -2.21. The number of barbiturate groups is 1. The zero-order chi connectivity index (χ0) is 25.0. The van der Waals surface area contributed by atoms with Gasteiger partial charge in [0.25, 0.3) is 11.6 Å². The quantitative estimate of drug-likeness (QED) is 0.198. The zero-order valence-corrected chi connectivity index (χ0v) is 17.2. The number of non-ortho nitro benzene ring substituents is 1. The van der Waals surface area contributed by atoms with Crippen LogP contribution >= 0.6 is 0 Å². The Labute approximate surface area is 189 Å². The van der Waals surface area contributed by atoms with E-state index in [0.29, 0.717) is 6.07 Å². The molecule has 2 aromatic carbocycles. The van der Waals surface area contributed by atoms with Crippen LogP contribution in [0.1, 0.15) is 5.56 Å². The summed E-state index contributed by atoms with van der Waals surface area (Å²) in [5, 5.41) is 32.1. The van der Waals surface area contributed by atoms with Gasteiger partial charge in [0, 0.05) is 11.8 Å². The fourth-order valence-electron chi connectivity index (χ4n) is 2.84. The van der Waals surface area contributed by atoms with Crippen molar-refractivity contribution in [2.45, 2.75) is 6.92 Å². The number of imide groups is 2. The topological polar surface area (TPSA) is 215 Å². The van der Waals surface area contributed by atoms with Gasteiger partial charge in [-0.3, -0.25) is 50.7 Å². The molecule has 0 aromatic heterocycles. The number of benzene rings is 2. The highest BCUT2D eigenvalue weighted by Gasteiger charge is 2.41. The standard InChI is InChI=1S/C19H15N7O8/c1-9-2-4-10(5-3-9)20-18(29)15(14-16(27)21-19(30)22-17(14)28)24-23-12-7-6-11(25(31)32)8-13(12)26(33)34/h2-8,14,23H,1H3,(H,20,29)(H2,21,22,27,28,30). The van der Waals surface area contributed by atoms with Gasteiger partial charge in [0.05, 0.1) is 15.9 Å². The SMILES string of the molecule is Cc1ccc(NC(=O)C(=NNc2ccc([N+](=O)[O-])cc2[N+](=O)[O-])C2C(=O)NC(=O)NC2=O)cc1. The summed E-state index contributed by atoms with van der Waals surface area (Å²) in [5.74, 6) is -5.20. The van der Waals surface area contributed by atoms with E-state index in [2.05, 4.69) is 15.8 Å². The van der Waals surface area contributed by atoms with Crippen LogP contribution in [0, 0.1) is 33.1 Å². The summed E-state index contributed by atoms with van der Waals surface area (Å²) >= 11 is 0. The molecule has 0 unspecified atom stereocenters. The summed E-state index contributed by atoms with van der Waals surface area (Å²) < 4.78 is 0. The van der Waals surface area contributed by atoms with Gasteiger partial charge in [-0.2, -0.15) is 5.10 Å². The Morgan fingerprint density at radius 1 is 0.971 bits per heavy atom. The van der Waals surface area contributed by atoms with Crippen molar-refractivity contribution in [1.82, 2.24) is 10.6 Å². The van der Waals surface area contributed by atoms with Crippen molar-refractivity contribution in [2.24, 2.45) is 11.0 Å². The van der Waals surface area contributed by atoms with Crippen LogP contribution in [0.5, 0.6) is 0 Å². The third-order valence-electron chi connectivity index (χ3n) is 4.50. The lowest BCUT2D eigenvalue weighted by Crippen LogP contribution is -2.59. The highest BCUT2D eigenvalue weighted by Crippen LogP contribution is 2.29. The molecule has 34 heavy (non-hydrogen) atoms. The van der Waals surface area contributed by atoms with Crippen LogP contribution in [-0.2, 0) is 14.4 Å². The third-order valence-corrected chi connectivity index (χ3v) is 4.50. The molecule has 2 aromatic rings. The molecule has 15 heteroatoms. The minimum absolute atomic E-state index is 0.289. The third kappa shape index (κ3) is 5.16. The second kappa shape index (κ2) is 9.51. The van der Waals surface area contributed by atoms with Gasteiger partial charge in [-0.25, -0.2) is 4.79 Å². The predicted octanol–water partition coefficient (Wildman–Crippen LogP) is 1.20. The summed E-state index contributed by atoms with van der Waals surface area (Å²) in [4.78, 5) is 69.4. The molecule has 1 aliphatic heterocycles. The molecule has 0 bridgehead atoms. The predicted molar refractivity (Wildman–Crippen MR) is 116 cm³/mol. The maximum absolute atomic E-state index is 12.9. The van der Waals surface area contributed by atoms with E-state index >= 15 is 0 Å². The van der Waals surface area contributed by atoms with Crippen molar-refractivity contribution >= 4 is 52.2 Å². The average molecular weight is 469 g/mol. The van der Waals surface area contributed by atoms with Gasteiger partial charge < -0.3 is 5.32 Å². The number of amides is 5. The Kier molecular flexibility index (Phi) is 6.56. The molecule has 1 aliphatic rings. The second-order valence-corrected chi connectivity index (χ2v) is 6.89. The van der Waals surface area contributed by atoms with Gasteiger partial charge in [-0.1, -0.05) is 17.7 Å². The van der Waals surface area contributed by atoms with Crippen LogP contribution < -0.4 is 21.4 Å². The van der Waals surface area contributed by atoms with E-state index in [1.54, 1.807) is 24.3 Å². The molecule has 174 valence electrons. The van der Waals surface area contributed by atoms with Gasteiger partial charge >= 0.3 is 11.7 Å². The first kappa shape index (κ1) is 23.5. The number of urea groups is 1. The molecular weight excluding hydrogens is 454 g/mol. The number of hydrazone groups is 1. The van der Waals surface area contributed by atoms with Crippen LogP contribution in [0.15, 0.2) is 47.6 Å². The number of nitrogens with zero attached hydrogens (tertiary/aromatic N) is 3. The number of rotatable bonds is 7. The molecule has 15 nitrogen and oxygen atoms in total. The lowest BCUT2D eigenvalue weighted by atomic mass is 9.99. The normalized spacial score (nSPS) is 14.1. The average Bonchev–Trinajstić information content (AvgIpc) is 2.76. The molecule has 5 amide bonds. The number of anilines is 2. The molecular formula is C19H15N7O8. The van der Waals surface area contributed by atoms with E-state index < -0.39 is 56.6 Å². The summed E-state index contributed by atoms with van der Waals surface area (Å²) in [7, 11) is 0. The van der Waals surface area contributed by atoms with Crippen LogP contribution in [0.4, 0.5) is 27.5 Å². The first-order valence-electron chi connectivity index (χ1n) is 9.37. The van der Waals surface area contributed by atoms with E-state index in [0.717, 1.165) is 17.7 Å². The molecule has 0 radical (unpaired) electrons. The summed E-state index contributed by atoms with van der Waals surface area (Å²) in [6, 6.07) is 7.96. The number of carbonyl (C=O) groups is 4. The van der Waals surface area contributed by atoms with Gasteiger partial charge in [-0.15, -0.1) is 0 Å². The van der Waals surface area contributed by atoms with Crippen molar-refractivity contribution in [3.8, 4) is 0 Å². The monoisotopic (exact) mass is 469 g/mol. The van der Waals surface area contributed by atoms with E-state index in [9.17, 15) is 39.4 Å². The molecule has 3 rings (SSSR count). The number of nitro groups is 2. The molecule has 1 saturated heterocycles. The lowest BCUT2D eigenvalue weighted by molar-refractivity contribution is -0.393. The number of nitrogens with one attached hydrogen (secondary N) is 4. The first-order valence-corrected chi connectivity index (χ1v) is 9.37. The van der Waals surface area contributed by atoms with Crippen LogP contribution in [-0.4, -0.2) is 39.3 Å². The Morgan fingerprint density at radius 2 is 1.59 bits per heavy atom. The van der Waals surface area contributed by atoms with E-state index in [1.807, 2.05) is 17.6 Å². The summed E-state index contributed by atoms with van der Waals surface area (Å²) in [6.07, 6.45) is 0. The minimum atomic E-state index is -1.88. The molecule has 0 atom stereocenters. The van der Waals surface area contributed by atoms with E-state index in [1.165, 1.54) is 0 Å². The largest absolute Gasteiger partial charge is 0.328 e. The molecule has 1 heterocycles. The number of hydrogen-bond acceptors (Lipinski definition) is 10. The Morgan fingerprint density at radius 3 is 2.15 bits per heavy atom. The Hall–Kier alpha value is -5.21. The number of nitro benzene ring substituents is 2. The van der Waals surface area contributed by atoms with Crippen LogP contribution in [0.25, 0.3) is 0 Å². The van der Waals surface area contributed by atoms with E-state index in [4.69, 9.17) is 0 Å². The van der Waals surface area contributed by atoms with Crippen molar-refractivity contribution in [1.29, 1.82) is 0 Å². The highest BCUT2D eigenvalue weighted by atomic mass is 16.6. The fraction of sp³-hybridized carbons (Fsp3) is 0.105. The summed E-state index contributed by atoms with van der Waals surface area (Å²) in [6.45, 7) is 1.81. The Balaban J connectivity index is 2.00. The summed E-state index contributed by atoms with van der Waals surface area (Å²) in [5.41, 5.74) is 0.989. The maximum Gasteiger partial charge on any atom is 0.328 e. The molecule has 4 N–H and O–H groups in total. The molecule has 1 fully saturated rings. The van der Waals surface area contributed by atoms with Crippen LogP contribution in [0.3, 0.4) is 0 Å².